The first-order chi connectivity index (χ1) is 8.56. The molecular formula is C10H4Cl8O. The van der Waals surface area contributed by atoms with Crippen LogP contribution in [-0.2, 0) is 4.74 Å². The minimum Gasteiger partial charge on any atom is -0.347 e. The lowest BCUT2D eigenvalue weighted by Gasteiger charge is -2.35. The van der Waals surface area contributed by atoms with E-state index in [0.717, 1.165) is 0 Å². The third-order valence-corrected chi connectivity index (χ3v) is 10.2. The fourth-order valence-corrected chi connectivity index (χ4v) is 7.80. The number of epoxide rings is 1. The Balaban J connectivity index is 2.00. The first kappa shape index (κ1) is 14.6. The number of hydrogen-bond donors (Lipinski definition) is 0. The second kappa shape index (κ2) is 3.57. The molecule has 0 aromatic carbocycles. The van der Waals surface area contributed by atoms with Crippen LogP contribution >= 0.6 is 92.8 Å². The van der Waals surface area contributed by atoms with Gasteiger partial charge in [0.15, 0.2) is 9.39 Å². The maximum Gasteiger partial charge on any atom is 0.185 e. The summed E-state index contributed by atoms with van der Waals surface area (Å²) in [6.45, 7) is 0. The molecule has 0 aromatic heterocycles. The van der Waals surface area contributed by atoms with Crippen LogP contribution in [0.2, 0.25) is 0 Å². The first-order valence-electron chi connectivity index (χ1n) is 5.39. The Morgan fingerprint density at radius 1 is 0.842 bits per heavy atom. The summed E-state index contributed by atoms with van der Waals surface area (Å²) in [7, 11) is 0. The van der Waals surface area contributed by atoms with E-state index < -0.39 is 30.4 Å². The highest BCUT2D eigenvalue weighted by Crippen LogP contribution is 2.83. The van der Waals surface area contributed by atoms with E-state index in [9.17, 15) is 0 Å². The SMILES string of the molecule is ClC1=C(Cl)[C@]2(Cl)[C@@H]3C4OC4(Cl)C(Cl)[C@H]3[C@]1(Cl)C2(Cl)Cl. The molecule has 3 fully saturated rings. The van der Waals surface area contributed by atoms with E-state index in [4.69, 9.17) is 97.5 Å². The summed E-state index contributed by atoms with van der Waals surface area (Å²) in [4.78, 5) is -2.70. The monoisotopic (exact) mass is 420 g/mol. The lowest BCUT2D eigenvalue weighted by molar-refractivity contribution is 0.194. The highest BCUT2D eigenvalue weighted by molar-refractivity contribution is 6.66. The minimum absolute atomic E-state index is 0.143. The average Bonchev–Trinajstić information content (AvgIpc) is 2.90. The van der Waals surface area contributed by atoms with E-state index in [0.29, 0.717) is 0 Å². The Hall–Kier alpha value is 2.02. The van der Waals surface area contributed by atoms with Crippen molar-refractivity contribution in [2.75, 3.05) is 0 Å². The van der Waals surface area contributed by atoms with Crippen molar-refractivity contribution in [1.29, 1.82) is 0 Å². The molecule has 4 rings (SSSR count). The second-order valence-corrected chi connectivity index (χ2v) is 9.65. The van der Waals surface area contributed by atoms with Crippen molar-refractivity contribution < 1.29 is 4.74 Å². The summed E-state index contributed by atoms with van der Waals surface area (Å²) >= 11 is 51.3. The van der Waals surface area contributed by atoms with Gasteiger partial charge in [0.1, 0.15) is 15.9 Å². The van der Waals surface area contributed by atoms with E-state index >= 15 is 0 Å². The van der Waals surface area contributed by atoms with Crippen LogP contribution in [-0.4, -0.2) is 30.6 Å². The van der Waals surface area contributed by atoms with Crippen LogP contribution in [0, 0.1) is 11.8 Å². The highest BCUT2D eigenvalue weighted by atomic mass is 35.5. The van der Waals surface area contributed by atoms with Crippen LogP contribution in [0.15, 0.2) is 10.1 Å². The van der Waals surface area contributed by atoms with Crippen LogP contribution in [0.25, 0.3) is 0 Å². The molecule has 1 saturated heterocycles. The molecule has 3 aliphatic carbocycles. The van der Waals surface area contributed by atoms with Crippen molar-refractivity contribution in [3.63, 3.8) is 0 Å². The first-order valence-corrected chi connectivity index (χ1v) is 8.47. The van der Waals surface area contributed by atoms with Gasteiger partial charge in [0, 0.05) is 11.8 Å². The molecule has 3 unspecified atom stereocenters. The van der Waals surface area contributed by atoms with Gasteiger partial charge >= 0.3 is 0 Å². The summed E-state index contributed by atoms with van der Waals surface area (Å²) in [5.41, 5.74) is 0. The molecule has 2 bridgehead atoms. The molecule has 1 aliphatic heterocycles. The largest absolute Gasteiger partial charge is 0.347 e. The van der Waals surface area contributed by atoms with Crippen molar-refractivity contribution >= 4 is 92.8 Å². The Morgan fingerprint density at radius 2 is 1.32 bits per heavy atom. The molecule has 19 heavy (non-hydrogen) atoms. The van der Waals surface area contributed by atoms with Gasteiger partial charge in [0.25, 0.3) is 0 Å². The van der Waals surface area contributed by atoms with E-state index in [1.807, 2.05) is 0 Å². The average molecular weight is 424 g/mol. The van der Waals surface area contributed by atoms with Crippen LogP contribution in [0.5, 0.6) is 0 Å². The fraction of sp³-hybridized carbons (Fsp3) is 0.800. The smallest absolute Gasteiger partial charge is 0.185 e. The number of hydrogen-bond acceptors (Lipinski definition) is 1. The maximum atomic E-state index is 6.65. The molecule has 9 heteroatoms. The number of alkyl halides is 6. The molecule has 1 nitrogen and oxygen atoms in total. The topological polar surface area (TPSA) is 12.5 Å². The van der Waals surface area contributed by atoms with Gasteiger partial charge < -0.3 is 4.74 Å². The van der Waals surface area contributed by atoms with Gasteiger partial charge in [-0.3, -0.25) is 0 Å². The van der Waals surface area contributed by atoms with Gasteiger partial charge in [-0.1, -0.05) is 58.0 Å². The third kappa shape index (κ3) is 1.16. The van der Waals surface area contributed by atoms with Gasteiger partial charge in [-0.15, -0.1) is 34.8 Å². The zero-order valence-corrected chi connectivity index (χ0v) is 14.8. The quantitative estimate of drug-likeness (QED) is 0.394. The number of fused-ring (bicyclic) bond motifs is 7. The number of halogens is 8. The lowest BCUT2D eigenvalue weighted by Crippen LogP contribution is -2.47. The molecule has 0 N–H and O–H groups in total. The Kier molecular flexibility index (Phi) is 2.75. The van der Waals surface area contributed by atoms with Crippen LogP contribution in [0.1, 0.15) is 0 Å². The molecule has 0 amide bonds. The number of allylic oxidation sites excluding steroid dienone is 2. The van der Waals surface area contributed by atoms with E-state index in [1.165, 1.54) is 0 Å². The molecule has 1 heterocycles. The summed E-state index contributed by atoms with van der Waals surface area (Å²) in [5, 5.41) is -1.29. The van der Waals surface area contributed by atoms with Crippen molar-refractivity contribution in [2.45, 2.75) is 30.6 Å². The van der Waals surface area contributed by atoms with E-state index in [2.05, 4.69) is 0 Å². The van der Waals surface area contributed by atoms with E-state index in [1.54, 1.807) is 0 Å². The molecule has 0 aromatic rings. The highest BCUT2D eigenvalue weighted by Gasteiger charge is 2.92. The third-order valence-electron chi connectivity index (χ3n) is 4.71. The molecule has 0 radical (unpaired) electrons. The van der Waals surface area contributed by atoms with Gasteiger partial charge in [-0.25, -0.2) is 0 Å². The van der Waals surface area contributed by atoms with Crippen LogP contribution in [0.3, 0.4) is 0 Å². The Morgan fingerprint density at radius 3 is 1.84 bits per heavy atom. The van der Waals surface area contributed by atoms with Crippen LogP contribution in [0.4, 0.5) is 0 Å². The normalized spacial score (nSPS) is 64.4. The lowest BCUT2D eigenvalue weighted by atomic mass is 9.83. The standard InChI is InChI=1S/C10H4Cl8O/c11-3-1-2(6-9(3,16)19-6)8(15)5(13)4(12)7(1,14)10(8,17)18/h1-3,6H/t1-,2-,3?,6?,7+,8+,9?/m0/s1. The van der Waals surface area contributed by atoms with Crippen molar-refractivity contribution in [2.24, 2.45) is 11.8 Å². The summed E-state index contributed by atoms with van der Waals surface area (Å²) in [6.07, 6.45) is -0.379. The summed E-state index contributed by atoms with van der Waals surface area (Å²) in [6, 6.07) is 0. The maximum absolute atomic E-state index is 6.65. The van der Waals surface area contributed by atoms with Crippen molar-refractivity contribution in [3.8, 4) is 0 Å². The van der Waals surface area contributed by atoms with Gasteiger partial charge in [-0.05, 0) is 0 Å². The second-order valence-electron chi connectivity index (χ2n) is 5.32. The zero-order chi connectivity index (χ0) is 14.2. The number of rotatable bonds is 0. The molecule has 106 valence electrons. The minimum atomic E-state index is -1.58. The summed E-state index contributed by atoms with van der Waals surface area (Å²) < 4.78 is 3.88. The molecule has 2 saturated carbocycles. The summed E-state index contributed by atoms with van der Waals surface area (Å²) in [5.74, 6) is -0.786. The van der Waals surface area contributed by atoms with Gasteiger partial charge in [0.05, 0.1) is 15.4 Å². The molecule has 7 atom stereocenters. The Labute approximate surface area is 149 Å². The zero-order valence-electron chi connectivity index (χ0n) is 8.74. The fourth-order valence-electron chi connectivity index (χ4n) is 3.79. The van der Waals surface area contributed by atoms with Crippen molar-refractivity contribution in [3.05, 3.63) is 10.1 Å². The van der Waals surface area contributed by atoms with Crippen LogP contribution < -0.4 is 0 Å². The predicted molar refractivity (Wildman–Crippen MR) is 80.4 cm³/mol. The van der Waals surface area contributed by atoms with Gasteiger partial charge in [-0.2, -0.15) is 0 Å². The molecular weight excluding hydrogens is 420 g/mol. The molecule has 0 spiro atoms. The van der Waals surface area contributed by atoms with Crippen molar-refractivity contribution in [1.82, 2.24) is 0 Å². The van der Waals surface area contributed by atoms with Gasteiger partial charge in [0.2, 0.25) is 0 Å². The van der Waals surface area contributed by atoms with E-state index in [-0.39, 0.29) is 22.1 Å². The Bertz CT molecular complexity index is 520. The predicted octanol–water partition coefficient (Wildman–Crippen LogP) is 5.02. The number of ether oxygens (including phenoxy) is 1. The molecule has 4 aliphatic rings.